The Bertz CT molecular complexity index is 1150. The number of halogens is 1. The Balaban J connectivity index is 1.63. The molecule has 2 aromatic carbocycles. The van der Waals surface area contributed by atoms with Crippen molar-refractivity contribution in [2.24, 2.45) is 10.2 Å². The highest BCUT2D eigenvalue weighted by molar-refractivity contribution is 9.10. The van der Waals surface area contributed by atoms with Gasteiger partial charge in [0.05, 0.1) is 34.3 Å². The maximum Gasteiger partial charge on any atom is 0.331 e. The number of esters is 1. The first-order valence-electron chi connectivity index (χ1n) is 8.80. The third-order valence-electron chi connectivity index (χ3n) is 3.93. The normalized spacial score (nSPS) is 15.8. The van der Waals surface area contributed by atoms with Crippen molar-refractivity contribution in [1.29, 1.82) is 5.26 Å². The van der Waals surface area contributed by atoms with Gasteiger partial charge in [-0.05, 0) is 57.5 Å². The second-order valence-corrected chi connectivity index (χ2v) is 7.87. The first-order chi connectivity index (χ1) is 15.0. The molecule has 2 aromatic rings. The van der Waals surface area contributed by atoms with Crippen molar-refractivity contribution in [2.45, 2.75) is 6.61 Å². The molecule has 1 fully saturated rings. The van der Waals surface area contributed by atoms with E-state index in [9.17, 15) is 9.59 Å². The zero-order valence-corrected chi connectivity index (χ0v) is 18.6. The molecule has 0 spiro atoms. The van der Waals surface area contributed by atoms with E-state index < -0.39 is 11.9 Å². The van der Waals surface area contributed by atoms with Crippen LogP contribution in [0.5, 0.6) is 5.75 Å². The van der Waals surface area contributed by atoms with Crippen LogP contribution >= 0.6 is 27.7 Å². The minimum Gasteiger partial charge on any atom is -0.488 e. The van der Waals surface area contributed by atoms with E-state index >= 15 is 0 Å². The molecule has 0 unspecified atom stereocenters. The number of carbonyl (C=O) groups is 2. The van der Waals surface area contributed by atoms with Crippen LogP contribution in [0.3, 0.4) is 0 Å². The van der Waals surface area contributed by atoms with Gasteiger partial charge in [-0.15, -0.1) is 5.10 Å². The van der Waals surface area contributed by atoms with Crippen molar-refractivity contribution in [3.05, 3.63) is 74.6 Å². The van der Waals surface area contributed by atoms with Crippen LogP contribution in [0.2, 0.25) is 0 Å². The number of rotatable bonds is 6. The number of carbonyl (C=O) groups excluding carboxylic acids is 2. The van der Waals surface area contributed by atoms with Gasteiger partial charge in [0.1, 0.15) is 12.4 Å². The Labute approximate surface area is 190 Å². The number of benzene rings is 2. The second kappa shape index (κ2) is 10.6. The van der Waals surface area contributed by atoms with Gasteiger partial charge in [0, 0.05) is 11.6 Å². The van der Waals surface area contributed by atoms with Gasteiger partial charge < -0.3 is 9.47 Å². The zero-order chi connectivity index (χ0) is 22.2. The summed E-state index contributed by atoms with van der Waals surface area (Å²) in [6.45, 7) is 0.266. The van der Waals surface area contributed by atoms with Gasteiger partial charge in [0.15, 0.2) is 5.17 Å². The number of thioether (sulfide) groups is 1. The fourth-order valence-corrected chi connectivity index (χ4v) is 3.66. The maximum absolute atomic E-state index is 11.8. The van der Waals surface area contributed by atoms with Gasteiger partial charge in [-0.3, -0.25) is 10.1 Å². The van der Waals surface area contributed by atoms with E-state index in [2.05, 4.69) is 42.3 Å². The largest absolute Gasteiger partial charge is 0.488 e. The number of methoxy groups -OCH3 is 1. The van der Waals surface area contributed by atoms with Crippen molar-refractivity contribution in [2.75, 3.05) is 7.11 Å². The molecule has 1 N–H and O–H groups in total. The highest BCUT2D eigenvalue weighted by atomic mass is 79.9. The van der Waals surface area contributed by atoms with Crippen LogP contribution in [0.4, 0.5) is 0 Å². The number of hydrogen-bond donors (Lipinski definition) is 1. The highest BCUT2D eigenvalue weighted by Gasteiger charge is 2.25. The first kappa shape index (κ1) is 22.3. The Hall–Kier alpha value is -3.42. The SMILES string of the molecule is COC(=O)/C=C1/S/C(=N\N=Cc2ccc(OCc3ccccc3C#N)c(Br)c2)NC1=O. The van der Waals surface area contributed by atoms with E-state index in [0.717, 1.165) is 29.0 Å². The average molecular weight is 499 g/mol. The molecular weight excluding hydrogens is 484 g/mol. The molecule has 0 radical (unpaired) electrons. The number of nitrogens with one attached hydrogen (secondary N) is 1. The number of nitriles is 1. The van der Waals surface area contributed by atoms with Gasteiger partial charge in [-0.1, -0.05) is 18.2 Å². The first-order valence-corrected chi connectivity index (χ1v) is 10.4. The molecule has 1 aliphatic rings. The molecule has 8 nitrogen and oxygen atoms in total. The minimum atomic E-state index is -0.620. The van der Waals surface area contributed by atoms with Crippen LogP contribution in [-0.2, 0) is 20.9 Å². The quantitative estimate of drug-likeness (QED) is 0.282. The van der Waals surface area contributed by atoms with E-state index in [0.29, 0.717) is 15.8 Å². The molecule has 156 valence electrons. The molecule has 1 heterocycles. The lowest BCUT2D eigenvalue weighted by Crippen LogP contribution is -2.19. The summed E-state index contributed by atoms with van der Waals surface area (Å²) in [7, 11) is 1.23. The summed E-state index contributed by atoms with van der Waals surface area (Å²) in [4.78, 5) is 23.2. The van der Waals surface area contributed by atoms with Gasteiger partial charge >= 0.3 is 5.97 Å². The molecule has 31 heavy (non-hydrogen) atoms. The lowest BCUT2D eigenvalue weighted by Gasteiger charge is -2.09. The summed E-state index contributed by atoms with van der Waals surface area (Å²) in [5.74, 6) is -0.440. The minimum absolute atomic E-state index is 0.183. The monoisotopic (exact) mass is 498 g/mol. The molecule has 0 atom stereocenters. The van der Waals surface area contributed by atoms with Crippen molar-refractivity contribution in [1.82, 2.24) is 5.32 Å². The zero-order valence-electron chi connectivity index (χ0n) is 16.2. The second-order valence-electron chi connectivity index (χ2n) is 5.99. The average Bonchev–Trinajstić information content (AvgIpc) is 3.12. The third kappa shape index (κ3) is 6.04. The van der Waals surface area contributed by atoms with Crippen molar-refractivity contribution < 1.29 is 19.1 Å². The van der Waals surface area contributed by atoms with E-state index in [1.165, 1.54) is 13.3 Å². The van der Waals surface area contributed by atoms with Crippen molar-refractivity contribution in [3.63, 3.8) is 0 Å². The highest BCUT2D eigenvalue weighted by Crippen LogP contribution is 2.27. The van der Waals surface area contributed by atoms with Gasteiger partial charge in [0.2, 0.25) is 0 Å². The lowest BCUT2D eigenvalue weighted by molar-refractivity contribution is -0.135. The molecule has 10 heteroatoms. The third-order valence-corrected chi connectivity index (χ3v) is 5.45. The summed E-state index contributed by atoms with van der Waals surface area (Å²) in [6.07, 6.45) is 2.61. The van der Waals surface area contributed by atoms with Crippen LogP contribution in [0.15, 0.2) is 68.1 Å². The molecule has 1 amide bonds. The maximum atomic E-state index is 11.8. The standard InChI is InChI=1S/C21H15BrN4O4S/c1-29-19(27)9-18-20(28)25-21(31-18)26-24-11-13-6-7-17(16(22)8-13)30-12-15-5-3-2-4-14(15)10-23/h2-9,11H,12H2,1H3,(H,25,26,28)/b18-9+,24-11?. The van der Waals surface area contributed by atoms with Crippen molar-refractivity contribution in [3.8, 4) is 11.8 Å². The summed E-state index contributed by atoms with van der Waals surface area (Å²) >= 11 is 4.45. The fraction of sp³-hybridized carbons (Fsp3) is 0.0952. The van der Waals surface area contributed by atoms with E-state index in [4.69, 9.17) is 10.00 Å². The number of hydrogen-bond acceptors (Lipinski definition) is 8. The molecule has 1 saturated heterocycles. The number of amidine groups is 1. The Morgan fingerprint density at radius 3 is 2.87 bits per heavy atom. The molecule has 0 saturated carbocycles. The predicted octanol–water partition coefficient (Wildman–Crippen LogP) is 3.51. The molecular formula is C21H15BrN4O4S. The Morgan fingerprint density at radius 1 is 1.32 bits per heavy atom. The summed E-state index contributed by atoms with van der Waals surface area (Å²) in [5, 5.41) is 19.8. The van der Waals surface area contributed by atoms with Crippen LogP contribution in [-0.4, -0.2) is 30.4 Å². The Morgan fingerprint density at radius 2 is 2.13 bits per heavy atom. The van der Waals surface area contributed by atoms with Gasteiger partial charge in [-0.2, -0.15) is 10.4 Å². The predicted molar refractivity (Wildman–Crippen MR) is 120 cm³/mol. The number of ether oxygens (including phenoxy) is 2. The fourth-order valence-electron chi connectivity index (χ4n) is 2.41. The molecule has 0 aromatic heterocycles. The Kier molecular flexibility index (Phi) is 7.59. The van der Waals surface area contributed by atoms with Crippen LogP contribution < -0.4 is 10.1 Å². The topological polar surface area (TPSA) is 113 Å². The summed E-state index contributed by atoms with van der Waals surface area (Å²) < 4.78 is 11.0. The van der Waals surface area contributed by atoms with Crippen LogP contribution in [0.25, 0.3) is 0 Å². The van der Waals surface area contributed by atoms with E-state index in [1.807, 2.05) is 12.1 Å². The lowest BCUT2D eigenvalue weighted by atomic mass is 10.1. The number of nitrogens with zero attached hydrogens (tertiary/aromatic N) is 3. The smallest absolute Gasteiger partial charge is 0.331 e. The number of amides is 1. The van der Waals surface area contributed by atoms with E-state index in [1.54, 1.807) is 30.3 Å². The molecule has 0 aliphatic carbocycles. The molecule has 0 bridgehead atoms. The van der Waals surface area contributed by atoms with E-state index in [-0.39, 0.29) is 16.7 Å². The summed E-state index contributed by atoms with van der Waals surface area (Å²) in [5.41, 5.74) is 2.12. The van der Waals surface area contributed by atoms with Gasteiger partial charge in [0.25, 0.3) is 5.91 Å². The summed E-state index contributed by atoms with van der Waals surface area (Å²) in [6, 6.07) is 14.8. The van der Waals surface area contributed by atoms with Crippen LogP contribution in [0.1, 0.15) is 16.7 Å². The van der Waals surface area contributed by atoms with Crippen molar-refractivity contribution >= 4 is 51.0 Å². The van der Waals surface area contributed by atoms with Crippen LogP contribution in [0, 0.1) is 11.3 Å². The van der Waals surface area contributed by atoms with Gasteiger partial charge in [-0.25, -0.2) is 4.79 Å². The molecule has 3 rings (SSSR count). The molecule has 1 aliphatic heterocycles.